The van der Waals surface area contributed by atoms with E-state index in [1.54, 1.807) is 6.07 Å². The summed E-state index contributed by atoms with van der Waals surface area (Å²) in [5.41, 5.74) is 1.49. The summed E-state index contributed by atoms with van der Waals surface area (Å²) in [7, 11) is 0. The Labute approximate surface area is 101 Å². The highest BCUT2D eigenvalue weighted by Crippen LogP contribution is 2.40. The van der Waals surface area contributed by atoms with Crippen molar-refractivity contribution in [3.63, 3.8) is 0 Å². The van der Waals surface area contributed by atoms with E-state index in [0.717, 1.165) is 18.5 Å². The van der Waals surface area contributed by atoms with Crippen molar-refractivity contribution in [2.24, 2.45) is 0 Å². The van der Waals surface area contributed by atoms with E-state index in [1.807, 2.05) is 4.90 Å². The number of amides is 1. The van der Waals surface area contributed by atoms with E-state index in [2.05, 4.69) is 21.2 Å². The second-order valence-electron chi connectivity index (χ2n) is 4.19. The normalized spacial score (nSPS) is 19.4. The van der Waals surface area contributed by atoms with Crippen LogP contribution < -0.4 is 10.2 Å². The number of benzene rings is 1. The van der Waals surface area contributed by atoms with E-state index >= 15 is 0 Å². The van der Waals surface area contributed by atoms with Crippen molar-refractivity contribution in [3.05, 3.63) is 22.4 Å². The average Bonchev–Trinajstić information content (AvgIpc) is 3.03. The van der Waals surface area contributed by atoms with Crippen LogP contribution in [-0.4, -0.2) is 18.5 Å². The third kappa shape index (κ3) is 1.59. The topological polar surface area (TPSA) is 32.3 Å². The zero-order valence-electron chi connectivity index (χ0n) is 8.46. The van der Waals surface area contributed by atoms with E-state index in [1.165, 1.54) is 6.07 Å². The van der Waals surface area contributed by atoms with Crippen LogP contribution in [0, 0.1) is 5.82 Å². The van der Waals surface area contributed by atoms with Gasteiger partial charge in [-0.3, -0.25) is 4.79 Å². The van der Waals surface area contributed by atoms with Gasteiger partial charge in [-0.2, -0.15) is 0 Å². The Hall–Kier alpha value is -1.10. The Morgan fingerprint density at radius 2 is 2.19 bits per heavy atom. The largest absolute Gasteiger partial charge is 0.357 e. The Kier molecular flexibility index (Phi) is 2.17. The zero-order chi connectivity index (χ0) is 11.3. The number of fused-ring (bicyclic) bond motifs is 1. The summed E-state index contributed by atoms with van der Waals surface area (Å²) in [5, 5.41) is 2.76. The molecule has 1 saturated carbocycles. The molecule has 1 aromatic rings. The molecular formula is C11H10BrFN2O. The van der Waals surface area contributed by atoms with Gasteiger partial charge >= 0.3 is 0 Å². The van der Waals surface area contributed by atoms with Crippen LogP contribution in [-0.2, 0) is 4.79 Å². The summed E-state index contributed by atoms with van der Waals surface area (Å²) >= 11 is 3.12. The van der Waals surface area contributed by atoms with Gasteiger partial charge in [0, 0.05) is 12.1 Å². The van der Waals surface area contributed by atoms with Crippen LogP contribution in [0.2, 0.25) is 0 Å². The predicted molar refractivity (Wildman–Crippen MR) is 63.1 cm³/mol. The summed E-state index contributed by atoms with van der Waals surface area (Å²) in [6, 6.07) is 3.51. The number of hydrogen-bond donors (Lipinski definition) is 1. The molecule has 5 heteroatoms. The van der Waals surface area contributed by atoms with Gasteiger partial charge in [0.2, 0.25) is 5.91 Å². The van der Waals surface area contributed by atoms with Gasteiger partial charge in [-0.1, -0.05) is 0 Å². The minimum absolute atomic E-state index is 0.0297. The van der Waals surface area contributed by atoms with Gasteiger partial charge < -0.3 is 10.2 Å². The van der Waals surface area contributed by atoms with Crippen molar-refractivity contribution in [2.75, 3.05) is 16.8 Å². The molecule has 0 bridgehead atoms. The lowest BCUT2D eigenvalue weighted by molar-refractivity contribution is -0.115. The average molecular weight is 285 g/mol. The highest BCUT2D eigenvalue weighted by molar-refractivity contribution is 9.10. The van der Waals surface area contributed by atoms with Crippen molar-refractivity contribution in [1.29, 1.82) is 0 Å². The number of nitrogens with one attached hydrogen (secondary N) is 1. The van der Waals surface area contributed by atoms with Gasteiger partial charge in [0.05, 0.1) is 22.4 Å². The van der Waals surface area contributed by atoms with Crippen LogP contribution in [0.5, 0.6) is 0 Å². The van der Waals surface area contributed by atoms with Gasteiger partial charge in [-0.15, -0.1) is 0 Å². The second-order valence-corrected chi connectivity index (χ2v) is 5.05. The number of halogens is 2. The zero-order valence-corrected chi connectivity index (χ0v) is 10.1. The Bertz CT molecular complexity index is 473. The van der Waals surface area contributed by atoms with Gasteiger partial charge in [0.1, 0.15) is 5.82 Å². The molecular weight excluding hydrogens is 275 g/mol. The van der Waals surface area contributed by atoms with Crippen molar-refractivity contribution in [3.8, 4) is 0 Å². The van der Waals surface area contributed by atoms with E-state index in [4.69, 9.17) is 0 Å². The molecule has 1 aliphatic heterocycles. The molecule has 0 spiro atoms. The Balaban J connectivity index is 2.09. The molecule has 0 atom stereocenters. The maximum atomic E-state index is 13.5. The first-order valence-corrected chi connectivity index (χ1v) is 6.00. The standard InChI is InChI=1S/C11H10BrFN2O/c12-7-3-9-10(4-8(7)13)15(6-1-2-6)5-11(16)14-9/h3-4,6H,1-2,5H2,(H,14,16). The number of anilines is 2. The summed E-state index contributed by atoms with van der Waals surface area (Å²) in [6.07, 6.45) is 2.18. The summed E-state index contributed by atoms with van der Waals surface area (Å²) in [6.45, 7) is 0.332. The fourth-order valence-electron chi connectivity index (χ4n) is 2.02. The lowest BCUT2D eigenvalue weighted by atomic mass is 10.2. The molecule has 1 amide bonds. The van der Waals surface area contributed by atoms with Gasteiger partial charge in [-0.25, -0.2) is 4.39 Å². The molecule has 3 nitrogen and oxygen atoms in total. The minimum atomic E-state index is -0.291. The Morgan fingerprint density at radius 3 is 2.88 bits per heavy atom. The van der Waals surface area contributed by atoms with Crippen LogP contribution in [0.3, 0.4) is 0 Å². The fourth-order valence-corrected chi connectivity index (χ4v) is 2.36. The molecule has 84 valence electrons. The van der Waals surface area contributed by atoms with Crippen LogP contribution >= 0.6 is 15.9 Å². The third-order valence-electron chi connectivity index (χ3n) is 2.92. The van der Waals surface area contributed by atoms with Crippen LogP contribution in [0.1, 0.15) is 12.8 Å². The van der Waals surface area contributed by atoms with Crippen LogP contribution in [0.4, 0.5) is 15.8 Å². The van der Waals surface area contributed by atoms with Crippen molar-refractivity contribution >= 4 is 33.2 Å². The lowest BCUT2D eigenvalue weighted by Gasteiger charge is -2.31. The summed E-state index contributed by atoms with van der Waals surface area (Å²) in [5.74, 6) is -0.321. The third-order valence-corrected chi connectivity index (χ3v) is 3.53. The van der Waals surface area contributed by atoms with E-state index in [-0.39, 0.29) is 11.7 Å². The molecule has 0 radical (unpaired) electrons. The van der Waals surface area contributed by atoms with Crippen LogP contribution in [0.15, 0.2) is 16.6 Å². The molecule has 2 aliphatic rings. The summed E-state index contributed by atoms with van der Waals surface area (Å²) in [4.78, 5) is 13.5. The molecule has 3 rings (SSSR count). The van der Waals surface area contributed by atoms with E-state index in [0.29, 0.717) is 22.7 Å². The SMILES string of the molecule is O=C1CN(C2CC2)c2cc(F)c(Br)cc2N1. The van der Waals surface area contributed by atoms with Crippen molar-refractivity contribution in [2.45, 2.75) is 18.9 Å². The number of hydrogen-bond acceptors (Lipinski definition) is 2. The number of carbonyl (C=O) groups excluding carboxylic acids is 1. The molecule has 16 heavy (non-hydrogen) atoms. The molecule has 1 heterocycles. The molecule has 1 aliphatic carbocycles. The quantitative estimate of drug-likeness (QED) is 0.860. The molecule has 0 saturated heterocycles. The first-order chi connectivity index (χ1) is 7.65. The molecule has 1 N–H and O–H groups in total. The smallest absolute Gasteiger partial charge is 0.243 e. The first kappa shape index (κ1) is 10.1. The van der Waals surface area contributed by atoms with Gasteiger partial charge in [-0.05, 0) is 34.8 Å². The maximum absolute atomic E-state index is 13.5. The number of carbonyl (C=O) groups is 1. The molecule has 1 aromatic carbocycles. The fraction of sp³-hybridized carbons (Fsp3) is 0.364. The molecule has 0 unspecified atom stereocenters. The van der Waals surface area contributed by atoms with Gasteiger partial charge in [0.25, 0.3) is 0 Å². The lowest BCUT2D eigenvalue weighted by Crippen LogP contribution is -2.39. The summed E-state index contributed by atoms with van der Waals surface area (Å²) < 4.78 is 13.9. The first-order valence-electron chi connectivity index (χ1n) is 5.20. The molecule has 0 aromatic heterocycles. The monoisotopic (exact) mass is 284 g/mol. The number of nitrogens with zero attached hydrogens (tertiary/aromatic N) is 1. The van der Waals surface area contributed by atoms with E-state index < -0.39 is 0 Å². The van der Waals surface area contributed by atoms with Crippen molar-refractivity contribution < 1.29 is 9.18 Å². The van der Waals surface area contributed by atoms with E-state index in [9.17, 15) is 9.18 Å². The highest BCUT2D eigenvalue weighted by atomic mass is 79.9. The predicted octanol–water partition coefficient (Wildman–Crippen LogP) is 2.51. The van der Waals surface area contributed by atoms with Crippen LogP contribution in [0.25, 0.3) is 0 Å². The number of rotatable bonds is 1. The second kappa shape index (κ2) is 3.45. The van der Waals surface area contributed by atoms with Gasteiger partial charge in [0.15, 0.2) is 0 Å². The maximum Gasteiger partial charge on any atom is 0.243 e. The van der Waals surface area contributed by atoms with Crippen molar-refractivity contribution in [1.82, 2.24) is 0 Å². The Morgan fingerprint density at radius 1 is 1.44 bits per heavy atom. The molecule has 1 fully saturated rings. The highest BCUT2D eigenvalue weighted by Gasteiger charge is 2.34. The minimum Gasteiger partial charge on any atom is -0.357 e.